The summed E-state index contributed by atoms with van der Waals surface area (Å²) < 4.78 is 36.5. The topological polar surface area (TPSA) is 105 Å². The molecule has 2 aliphatic heterocycles. The van der Waals surface area contributed by atoms with Crippen LogP contribution < -0.4 is 19.7 Å². The Morgan fingerprint density at radius 2 is 1.74 bits per heavy atom. The molecule has 0 bridgehead atoms. The number of rotatable bonds is 5. The van der Waals surface area contributed by atoms with E-state index in [4.69, 9.17) is 9.47 Å². The van der Waals surface area contributed by atoms with E-state index in [1.165, 1.54) is 31.1 Å². The molecule has 1 fully saturated rings. The molecule has 4 rings (SSSR count). The Bertz CT molecular complexity index is 1110. The van der Waals surface area contributed by atoms with E-state index in [0.29, 0.717) is 36.1 Å². The van der Waals surface area contributed by atoms with E-state index < -0.39 is 15.9 Å². The SMILES string of the molecule is CN(C)S(=O)(=O)c1ccc(N2C[C@@H](C(=O)Nc3ccc4c(c3)OCCO4)CC2=O)cc1. The minimum atomic E-state index is -3.55. The molecule has 2 aromatic rings. The monoisotopic (exact) mass is 445 g/mol. The first-order chi connectivity index (χ1) is 14.8. The molecule has 0 aliphatic carbocycles. The van der Waals surface area contributed by atoms with E-state index in [9.17, 15) is 18.0 Å². The summed E-state index contributed by atoms with van der Waals surface area (Å²) in [7, 11) is -0.637. The molecule has 2 heterocycles. The number of hydrogen-bond donors (Lipinski definition) is 1. The smallest absolute Gasteiger partial charge is 0.242 e. The molecule has 2 amide bonds. The predicted octanol–water partition coefficient (Wildman–Crippen LogP) is 1.70. The molecule has 1 N–H and O–H groups in total. The Labute approximate surface area is 180 Å². The fraction of sp³-hybridized carbons (Fsp3) is 0.333. The summed E-state index contributed by atoms with van der Waals surface area (Å²) >= 11 is 0. The van der Waals surface area contributed by atoms with Crippen LogP contribution in [0.3, 0.4) is 0 Å². The van der Waals surface area contributed by atoms with Crippen LogP contribution in [0.4, 0.5) is 11.4 Å². The van der Waals surface area contributed by atoms with Crippen LogP contribution >= 0.6 is 0 Å². The van der Waals surface area contributed by atoms with Crippen LogP contribution in [0.2, 0.25) is 0 Å². The highest BCUT2D eigenvalue weighted by atomic mass is 32.2. The van der Waals surface area contributed by atoms with Gasteiger partial charge in [-0.25, -0.2) is 12.7 Å². The number of nitrogens with zero attached hydrogens (tertiary/aromatic N) is 2. The number of amides is 2. The van der Waals surface area contributed by atoms with E-state index >= 15 is 0 Å². The fourth-order valence-electron chi connectivity index (χ4n) is 3.51. The van der Waals surface area contributed by atoms with Gasteiger partial charge in [-0.15, -0.1) is 0 Å². The average molecular weight is 445 g/mol. The third-order valence-electron chi connectivity index (χ3n) is 5.23. The molecule has 0 saturated carbocycles. The van der Waals surface area contributed by atoms with Gasteiger partial charge in [0.05, 0.1) is 10.8 Å². The summed E-state index contributed by atoms with van der Waals surface area (Å²) in [4.78, 5) is 26.9. The zero-order valence-corrected chi connectivity index (χ0v) is 18.0. The molecule has 164 valence electrons. The van der Waals surface area contributed by atoms with Crippen molar-refractivity contribution in [2.24, 2.45) is 5.92 Å². The Morgan fingerprint density at radius 3 is 2.42 bits per heavy atom. The average Bonchev–Trinajstić information content (AvgIpc) is 3.15. The van der Waals surface area contributed by atoms with Crippen molar-refractivity contribution in [2.45, 2.75) is 11.3 Å². The number of anilines is 2. The maximum atomic E-state index is 12.7. The number of benzene rings is 2. The summed E-state index contributed by atoms with van der Waals surface area (Å²) in [6.45, 7) is 1.15. The third kappa shape index (κ3) is 4.21. The maximum absolute atomic E-state index is 12.7. The molecule has 0 aromatic heterocycles. The number of ether oxygens (including phenoxy) is 2. The highest BCUT2D eigenvalue weighted by Crippen LogP contribution is 2.33. The van der Waals surface area contributed by atoms with Crippen molar-refractivity contribution in [3.8, 4) is 11.5 Å². The van der Waals surface area contributed by atoms with Crippen molar-refractivity contribution >= 4 is 33.2 Å². The summed E-state index contributed by atoms with van der Waals surface area (Å²) in [6, 6.07) is 11.2. The van der Waals surface area contributed by atoms with E-state index in [0.717, 1.165) is 4.31 Å². The molecule has 1 atom stereocenters. The summed E-state index contributed by atoms with van der Waals surface area (Å²) in [5, 5.41) is 2.83. The van der Waals surface area contributed by atoms with Crippen molar-refractivity contribution < 1.29 is 27.5 Å². The van der Waals surface area contributed by atoms with Crippen LogP contribution in [0.15, 0.2) is 47.4 Å². The lowest BCUT2D eigenvalue weighted by atomic mass is 10.1. The molecule has 10 heteroatoms. The number of fused-ring (bicyclic) bond motifs is 1. The Kier molecular flexibility index (Phi) is 5.59. The Morgan fingerprint density at radius 1 is 1.06 bits per heavy atom. The highest BCUT2D eigenvalue weighted by Gasteiger charge is 2.35. The van der Waals surface area contributed by atoms with Gasteiger partial charge in [0.15, 0.2) is 11.5 Å². The van der Waals surface area contributed by atoms with E-state index in [-0.39, 0.29) is 29.7 Å². The molecule has 0 spiro atoms. The summed E-state index contributed by atoms with van der Waals surface area (Å²) in [6.07, 6.45) is 0.0775. The van der Waals surface area contributed by atoms with Crippen LogP contribution in [0.25, 0.3) is 0 Å². The van der Waals surface area contributed by atoms with Gasteiger partial charge in [0.2, 0.25) is 21.8 Å². The second-order valence-corrected chi connectivity index (χ2v) is 9.69. The molecular weight excluding hydrogens is 422 g/mol. The lowest BCUT2D eigenvalue weighted by Crippen LogP contribution is -2.28. The summed E-state index contributed by atoms with van der Waals surface area (Å²) in [5.41, 5.74) is 1.12. The molecule has 31 heavy (non-hydrogen) atoms. The zero-order valence-electron chi connectivity index (χ0n) is 17.2. The van der Waals surface area contributed by atoms with Crippen molar-refractivity contribution in [1.82, 2.24) is 4.31 Å². The van der Waals surface area contributed by atoms with E-state index in [2.05, 4.69) is 5.32 Å². The minimum Gasteiger partial charge on any atom is -0.486 e. The first-order valence-corrected chi connectivity index (χ1v) is 11.2. The van der Waals surface area contributed by atoms with Gasteiger partial charge in [-0.05, 0) is 36.4 Å². The summed E-state index contributed by atoms with van der Waals surface area (Å²) in [5.74, 6) is 0.225. The largest absolute Gasteiger partial charge is 0.486 e. The van der Waals surface area contributed by atoms with Crippen molar-refractivity contribution in [3.63, 3.8) is 0 Å². The van der Waals surface area contributed by atoms with Gasteiger partial charge in [0, 0.05) is 44.5 Å². The third-order valence-corrected chi connectivity index (χ3v) is 7.06. The normalized spacial score (nSPS) is 18.4. The van der Waals surface area contributed by atoms with Crippen LogP contribution in [-0.4, -0.2) is 58.4 Å². The standard InChI is InChI=1S/C21H23N3O6S/c1-23(2)31(27,28)17-6-4-16(5-7-17)24-13-14(11-20(24)25)21(26)22-15-3-8-18-19(12-15)30-10-9-29-18/h3-8,12,14H,9-11,13H2,1-2H3,(H,22,26)/t14-/m0/s1. The second-order valence-electron chi connectivity index (χ2n) is 7.53. The van der Waals surface area contributed by atoms with Gasteiger partial charge in [-0.1, -0.05) is 0 Å². The number of nitrogens with one attached hydrogen (secondary N) is 1. The lowest BCUT2D eigenvalue weighted by Gasteiger charge is -2.20. The number of carbonyl (C=O) groups excluding carboxylic acids is 2. The molecule has 0 unspecified atom stereocenters. The van der Waals surface area contributed by atoms with Crippen molar-refractivity contribution in [2.75, 3.05) is 44.1 Å². The van der Waals surface area contributed by atoms with Crippen LogP contribution in [0, 0.1) is 5.92 Å². The Balaban J connectivity index is 1.44. The first-order valence-electron chi connectivity index (χ1n) is 9.79. The zero-order chi connectivity index (χ0) is 22.2. The van der Waals surface area contributed by atoms with Gasteiger partial charge in [0.1, 0.15) is 13.2 Å². The highest BCUT2D eigenvalue weighted by molar-refractivity contribution is 7.89. The van der Waals surface area contributed by atoms with Gasteiger partial charge >= 0.3 is 0 Å². The van der Waals surface area contributed by atoms with Crippen LogP contribution in [-0.2, 0) is 19.6 Å². The van der Waals surface area contributed by atoms with Gasteiger partial charge in [-0.3, -0.25) is 9.59 Å². The van der Waals surface area contributed by atoms with Gasteiger partial charge in [0.25, 0.3) is 0 Å². The van der Waals surface area contributed by atoms with Crippen LogP contribution in [0.5, 0.6) is 11.5 Å². The lowest BCUT2D eigenvalue weighted by molar-refractivity contribution is -0.122. The maximum Gasteiger partial charge on any atom is 0.242 e. The fourth-order valence-corrected chi connectivity index (χ4v) is 4.41. The quantitative estimate of drug-likeness (QED) is 0.751. The molecule has 2 aliphatic rings. The number of hydrogen-bond acceptors (Lipinski definition) is 6. The van der Waals surface area contributed by atoms with Crippen molar-refractivity contribution in [3.05, 3.63) is 42.5 Å². The first kappa shape index (κ1) is 21.1. The second kappa shape index (κ2) is 8.20. The van der Waals surface area contributed by atoms with E-state index in [1.807, 2.05) is 0 Å². The van der Waals surface area contributed by atoms with Crippen molar-refractivity contribution in [1.29, 1.82) is 0 Å². The van der Waals surface area contributed by atoms with E-state index in [1.54, 1.807) is 30.3 Å². The van der Waals surface area contributed by atoms with Gasteiger partial charge < -0.3 is 19.7 Å². The molecular formula is C21H23N3O6S. The Hall–Kier alpha value is -3.11. The number of carbonyl (C=O) groups is 2. The molecule has 9 nitrogen and oxygen atoms in total. The van der Waals surface area contributed by atoms with Crippen LogP contribution in [0.1, 0.15) is 6.42 Å². The van der Waals surface area contributed by atoms with Gasteiger partial charge in [-0.2, -0.15) is 0 Å². The number of sulfonamides is 1. The molecule has 0 radical (unpaired) electrons. The molecule has 2 aromatic carbocycles. The predicted molar refractivity (Wildman–Crippen MR) is 114 cm³/mol. The minimum absolute atomic E-state index is 0.0775. The molecule has 1 saturated heterocycles.